The van der Waals surface area contributed by atoms with Gasteiger partial charge in [0.15, 0.2) is 5.82 Å². The molecular weight excluding hydrogens is 440 g/mol. The van der Waals surface area contributed by atoms with Crippen LogP contribution in [-0.2, 0) is 0 Å². The Morgan fingerprint density at radius 1 is 1.03 bits per heavy atom. The third-order valence-electron chi connectivity index (χ3n) is 6.52. The van der Waals surface area contributed by atoms with E-state index in [4.69, 9.17) is 4.74 Å². The SMILES string of the molecule is COc1cc(C(=O)N2CCN(C(C)C)CC2)ccc1Nc1nccnc1-c1cc2ccccc2[nH]1. The summed E-state index contributed by atoms with van der Waals surface area (Å²) in [6.07, 6.45) is 3.32. The standard InChI is InChI=1S/C27H30N6O2/c1-18(2)32-12-14-33(15-13-32)27(34)20-8-9-22(24(17-20)35-3)31-26-25(28-10-11-29-26)23-16-19-6-4-5-7-21(19)30-23/h4-11,16-18,30H,12-15H2,1-3H3,(H,29,31). The Balaban J connectivity index is 1.38. The molecule has 1 fully saturated rings. The van der Waals surface area contributed by atoms with E-state index >= 15 is 0 Å². The highest BCUT2D eigenvalue weighted by Crippen LogP contribution is 2.33. The maximum atomic E-state index is 13.1. The van der Waals surface area contributed by atoms with E-state index in [0.717, 1.165) is 42.8 Å². The summed E-state index contributed by atoms with van der Waals surface area (Å²) in [7, 11) is 1.60. The van der Waals surface area contributed by atoms with Gasteiger partial charge in [-0.15, -0.1) is 0 Å². The molecule has 3 heterocycles. The van der Waals surface area contributed by atoms with E-state index in [-0.39, 0.29) is 5.91 Å². The molecular formula is C27H30N6O2. The van der Waals surface area contributed by atoms with Crippen LogP contribution >= 0.6 is 0 Å². The zero-order valence-corrected chi connectivity index (χ0v) is 20.3. The molecule has 0 atom stereocenters. The maximum absolute atomic E-state index is 13.1. The molecule has 5 rings (SSSR count). The number of hydrogen-bond donors (Lipinski definition) is 2. The van der Waals surface area contributed by atoms with Gasteiger partial charge in [0.05, 0.1) is 18.5 Å². The van der Waals surface area contributed by atoms with Crippen molar-refractivity contribution in [3.8, 4) is 17.1 Å². The maximum Gasteiger partial charge on any atom is 0.254 e. The lowest BCUT2D eigenvalue weighted by molar-refractivity contribution is 0.0595. The van der Waals surface area contributed by atoms with Crippen LogP contribution < -0.4 is 10.1 Å². The van der Waals surface area contributed by atoms with Gasteiger partial charge in [-0.3, -0.25) is 9.69 Å². The van der Waals surface area contributed by atoms with Crippen molar-refractivity contribution in [2.45, 2.75) is 19.9 Å². The fourth-order valence-electron chi connectivity index (χ4n) is 4.51. The van der Waals surface area contributed by atoms with E-state index in [1.54, 1.807) is 25.6 Å². The third kappa shape index (κ3) is 4.70. The molecule has 8 heteroatoms. The van der Waals surface area contributed by atoms with Crippen molar-refractivity contribution in [1.29, 1.82) is 0 Å². The second-order valence-corrected chi connectivity index (χ2v) is 8.99. The summed E-state index contributed by atoms with van der Waals surface area (Å²) in [5, 5.41) is 4.45. The number of aromatic amines is 1. The lowest BCUT2D eigenvalue weighted by Crippen LogP contribution is -2.50. The number of piperazine rings is 1. The monoisotopic (exact) mass is 470 g/mol. The van der Waals surface area contributed by atoms with Crippen LogP contribution in [0.15, 0.2) is 60.9 Å². The van der Waals surface area contributed by atoms with Crippen molar-refractivity contribution in [2.75, 3.05) is 38.6 Å². The van der Waals surface area contributed by atoms with Crippen molar-refractivity contribution in [3.05, 3.63) is 66.5 Å². The molecule has 180 valence electrons. The molecule has 1 amide bonds. The van der Waals surface area contributed by atoms with Crippen LogP contribution in [0.1, 0.15) is 24.2 Å². The highest BCUT2D eigenvalue weighted by molar-refractivity contribution is 5.96. The molecule has 1 aliphatic rings. The molecule has 2 aromatic carbocycles. The molecule has 0 bridgehead atoms. The predicted molar refractivity (Wildman–Crippen MR) is 138 cm³/mol. The number of aromatic nitrogens is 3. The second kappa shape index (κ2) is 9.76. The van der Waals surface area contributed by atoms with Crippen molar-refractivity contribution < 1.29 is 9.53 Å². The summed E-state index contributed by atoms with van der Waals surface area (Å²) < 4.78 is 5.64. The zero-order chi connectivity index (χ0) is 24.4. The molecule has 1 aliphatic heterocycles. The summed E-state index contributed by atoms with van der Waals surface area (Å²) in [4.78, 5) is 29.9. The third-order valence-corrected chi connectivity index (χ3v) is 6.52. The van der Waals surface area contributed by atoms with Crippen LogP contribution in [0.2, 0.25) is 0 Å². The second-order valence-electron chi connectivity index (χ2n) is 8.99. The molecule has 1 saturated heterocycles. The topological polar surface area (TPSA) is 86.4 Å². The van der Waals surface area contributed by atoms with Gasteiger partial charge in [0.1, 0.15) is 11.4 Å². The fourth-order valence-corrected chi connectivity index (χ4v) is 4.51. The number of rotatable bonds is 6. The smallest absolute Gasteiger partial charge is 0.254 e. The van der Waals surface area contributed by atoms with Gasteiger partial charge < -0.3 is 19.9 Å². The largest absolute Gasteiger partial charge is 0.495 e. The van der Waals surface area contributed by atoms with Gasteiger partial charge in [0.2, 0.25) is 0 Å². The molecule has 35 heavy (non-hydrogen) atoms. The number of methoxy groups -OCH3 is 1. The van der Waals surface area contributed by atoms with Crippen LogP contribution in [-0.4, -0.2) is 70.0 Å². The van der Waals surface area contributed by atoms with Gasteiger partial charge >= 0.3 is 0 Å². The Labute approximate surface area is 204 Å². The van der Waals surface area contributed by atoms with Crippen LogP contribution in [0.5, 0.6) is 5.75 Å². The number of benzene rings is 2. The minimum atomic E-state index is 0.0246. The number of anilines is 2. The molecule has 2 aromatic heterocycles. The molecule has 0 spiro atoms. The average Bonchev–Trinajstić information content (AvgIpc) is 3.33. The van der Waals surface area contributed by atoms with Crippen molar-refractivity contribution in [1.82, 2.24) is 24.8 Å². The van der Waals surface area contributed by atoms with E-state index in [1.165, 1.54) is 0 Å². The first-order valence-corrected chi connectivity index (χ1v) is 11.9. The average molecular weight is 471 g/mol. The van der Waals surface area contributed by atoms with E-state index in [1.807, 2.05) is 35.2 Å². The Morgan fingerprint density at radius 2 is 1.80 bits per heavy atom. The molecule has 0 aliphatic carbocycles. The Morgan fingerprint density at radius 3 is 2.54 bits per heavy atom. The van der Waals surface area contributed by atoms with E-state index in [0.29, 0.717) is 34.6 Å². The summed E-state index contributed by atoms with van der Waals surface area (Å²) in [6, 6.07) is 16.1. The number of para-hydroxylation sites is 1. The number of amides is 1. The van der Waals surface area contributed by atoms with E-state index in [2.05, 4.69) is 51.1 Å². The number of carbonyl (C=O) groups is 1. The number of fused-ring (bicyclic) bond motifs is 1. The fraction of sp³-hybridized carbons (Fsp3) is 0.296. The van der Waals surface area contributed by atoms with Gasteiger partial charge in [-0.05, 0) is 44.2 Å². The first kappa shape index (κ1) is 22.9. The predicted octanol–water partition coefficient (Wildman–Crippen LogP) is 4.54. The lowest BCUT2D eigenvalue weighted by Gasteiger charge is -2.37. The minimum absolute atomic E-state index is 0.0246. The zero-order valence-electron chi connectivity index (χ0n) is 20.3. The number of nitrogens with one attached hydrogen (secondary N) is 2. The lowest BCUT2D eigenvalue weighted by atomic mass is 10.1. The molecule has 2 N–H and O–H groups in total. The van der Waals surface area contributed by atoms with Gasteiger partial charge in [0, 0.05) is 61.1 Å². The van der Waals surface area contributed by atoms with Crippen LogP contribution in [0, 0.1) is 0 Å². The number of ether oxygens (including phenoxy) is 1. The number of hydrogen-bond acceptors (Lipinski definition) is 6. The summed E-state index contributed by atoms with van der Waals surface area (Å²) in [5.41, 5.74) is 3.93. The highest BCUT2D eigenvalue weighted by atomic mass is 16.5. The minimum Gasteiger partial charge on any atom is -0.495 e. The van der Waals surface area contributed by atoms with Gasteiger partial charge in [0.25, 0.3) is 5.91 Å². The van der Waals surface area contributed by atoms with Gasteiger partial charge in [-0.1, -0.05) is 18.2 Å². The molecule has 0 unspecified atom stereocenters. The van der Waals surface area contributed by atoms with E-state index in [9.17, 15) is 4.79 Å². The molecule has 8 nitrogen and oxygen atoms in total. The quantitative estimate of drug-likeness (QED) is 0.430. The van der Waals surface area contributed by atoms with Crippen LogP contribution in [0.3, 0.4) is 0 Å². The summed E-state index contributed by atoms with van der Waals surface area (Å²) in [6.45, 7) is 7.62. The number of carbonyl (C=O) groups excluding carboxylic acids is 1. The van der Waals surface area contributed by atoms with Crippen molar-refractivity contribution in [2.24, 2.45) is 0 Å². The van der Waals surface area contributed by atoms with Crippen molar-refractivity contribution >= 4 is 28.3 Å². The number of H-pyrrole nitrogens is 1. The Hall–Kier alpha value is -3.91. The molecule has 0 radical (unpaired) electrons. The molecule has 4 aromatic rings. The number of nitrogens with zero attached hydrogens (tertiary/aromatic N) is 4. The first-order valence-electron chi connectivity index (χ1n) is 11.9. The Kier molecular flexibility index (Phi) is 6.37. The molecule has 0 saturated carbocycles. The normalized spacial score (nSPS) is 14.5. The van der Waals surface area contributed by atoms with Crippen LogP contribution in [0.25, 0.3) is 22.3 Å². The van der Waals surface area contributed by atoms with Crippen LogP contribution in [0.4, 0.5) is 11.5 Å². The summed E-state index contributed by atoms with van der Waals surface area (Å²) in [5.74, 6) is 1.20. The van der Waals surface area contributed by atoms with E-state index < -0.39 is 0 Å². The van der Waals surface area contributed by atoms with Gasteiger partial charge in [-0.2, -0.15) is 0 Å². The Bertz CT molecular complexity index is 1310. The van der Waals surface area contributed by atoms with Crippen molar-refractivity contribution in [3.63, 3.8) is 0 Å². The van der Waals surface area contributed by atoms with Gasteiger partial charge in [-0.25, -0.2) is 9.97 Å². The summed E-state index contributed by atoms with van der Waals surface area (Å²) >= 11 is 0. The first-order chi connectivity index (χ1) is 17.0. The highest BCUT2D eigenvalue weighted by Gasteiger charge is 2.24.